The molecule has 3 rings (SSSR count). The van der Waals surface area contributed by atoms with E-state index >= 15 is 0 Å². The zero-order valence-electron chi connectivity index (χ0n) is 15.1. The van der Waals surface area contributed by atoms with Crippen molar-refractivity contribution < 1.29 is 0 Å². The number of fused-ring (bicyclic) bond motifs is 1. The maximum atomic E-state index is 12.9. The summed E-state index contributed by atoms with van der Waals surface area (Å²) in [6.45, 7) is 7.11. The highest BCUT2D eigenvalue weighted by atomic mass is 32.2. The van der Waals surface area contributed by atoms with Crippen molar-refractivity contribution in [2.75, 3.05) is 0 Å². The Hall–Kier alpha value is -2.07. The number of hydrogen-bond acceptors (Lipinski definition) is 3. The van der Waals surface area contributed by atoms with Gasteiger partial charge in [-0.25, -0.2) is 4.98 Å². The van der Waals surface area contributed by atoms with E-state index in [1.54, 1.807) is 11.8 Å². The van der Waals surface area contributed by atoms with Crippen LogP contribution in [-0.4, -0.2) is 9.55 Å². The number of thioether (sulfide) groups is 1. The number of hydrogen-bond donors (Lipinski definition) is 0. The molecular weight excluding hydrogens is 328 g/mol. The topological polar surface area (TPSA) is 34.9 Å². The van der Waals surface area contributed by atoms with E-state index in [0.29, 0.717) is 5.39 Å². The average Bonchev–Trinajstić information content (AvgIpc) is 2.62. The molecule has 0 fully saturated rings. The van der Waals surface area contributed by atoms with Crippen molar-refractivity contribution in [3.05, 3.63) is 69.5 Å². The normalized spacial score (nSPS) is 11.2. The molecule has 1 heterocycles. The number of benzene rings is 2. The van der Waals surface area contributed by atoms with E-state index in [4.69, 9.17) is 4.98 Å². The fraction of sp³-hybridized carbons (Fsp3) is 0.333. The summed E-state index contributed by atoms with van der Waals surface area (Å²) in [4.78, 5) is 17.7. The van der Waals surface area contributed by atoms with Crippen LogP contribution in [-0.2, 0) is 12.3 Å². The third-order valence-electron chi connectivity index (χ3n) is 4.42. The van der Waals surface area contributed by atoms with Crippen LogP contribution in [0.4, 0.5) is 0 Å². The molecule has 0 saturated carbocycles. The van der Waals surface area contributed by atoms with Crippen molar-refractivity contribution in [2.45, 2.75) is 51.1 Å². The molecule has 0 spiro atoms. The number of nitrogens with zero attached hydrogens (tertiary/aromatic N) is 2. The minimum absolute atomic E-state index is 0.0718. The van der Waals surface area contributed by atoms with E-state index in [9.17, 15) is 4.79 Å². The number of aryl methyl sites for hydroxylation is 2. The van der Waals surface area contributed by atoms with Crippen molar-refractivity contribution in [1.29, 1.82) is 0 Å². The fourth-order valence-electron chi connectivity index (χ4n) is 2.87. The van der Waals surface area contributed by atoms with Crippen LogP contribution in [0.15, 0.2) is 52.4 Å². The molecule has 0 aliphatic rings. The van der Waals surface area contributed by atoms with Gasteiger partial charge < -0.3 is 0 Å². The first-order valence-corrected chi connectivity index (χ1v) is 9.77. The van der Waals surface area contributed by atoms with Crippen LogP contribution in [0.1, 0.15) is 36.5 Å². The fourth-order valence-corrected chi connectivity index (χ4v) is 3.96. The quantitative estimate of drug-likeness (QED) is 0.457. The van der Waals surface area contributed by atoms with Crippen LogP contribution >= 0.6 is 11.8 Å². The first-order valence-electron chi connectivity index (χ1n) is 8.78. The molecule has 0 aliphatic carbocycles. The van der Waals surface area contributed by atoms with E-state index in [1.807, 2.05) is 28.8 Å². The first kappa shape index (κ1) is 17.7. The summed E-state index contributed by atoms with van der Waals surface area (Å²) in [5, 5.41) is 1.52. The summed E-state index contributed by atoms with van der Waals surface area (Å²) in [6.07, 6.45) is 2.04. The van der Waals surface area contributed by atoms with Gasteiger partial charge in [-0.05, 0) is 43.5 Å². The third-order valence-corrected chi connectivity index (χ3v) is 5.45. The Bertz CT molecular complexity index is 946. The van der Waals surface area contributed by atoms with Crippen LogP contribution in [0.5, 0.6) is 0 Å². The first-order chi connectivity index (χ1) is 12.1. The van der Waals surface area contributed by atoms with E-state index in [-0.39, 0.29) is 5.56 Å². The molecule has 25 heavy (non-hydrogen) atoms. The third kappa shape index (κ3) is 3.96. The summed E-state index contributed by atoms with van der Waals surface area (Å²) in [5.74, 6) is 0.824. The lowest BCUT2D eigenvalue weighted by molar-refractivity contribution is 0.557. The highest BCUT2D eigenvalue weighted by Gasteiger charge is 2.12. The van der Waals surface area contributed by atoms with Crippen molar-refractivity contribution in [3.8, 4) is 0 Å². The SMILES string of the molecule is CCCCn1c(SCc2cc(C)ccc2C)nc2ccccc2c1=O. The Morgan fingerprint density at radius 3 is 2.72 bits per heavy atom. The second-order valence-corrected chi connectivity index (χ2v) is 7.38. The van der Waals surface area contributed by atoms with Gasteiger partial charge in [0.2, 0.25) is 0 Å². The van der Waals surface area contributed by atoms with Crippen molar-refractivity contribution in [3.63, 3.8) is 0 Å². The van der Waals surface area contributed by atoms with Gasteiger partial charge in [0.15, 0.2) is 5.16 Å². The molecule has 0 atom stereocenters. The smallest absolute Gasteiger partial charge is 0.262 e. The number of rotatable bonds is 6. The largest absolute Gasteiger partial charge is 0.287 e. The minimum atomic E-state index is 0.0718. The predicted octanol–water partition coefficient (Wildman–Crippen LogP) is 5.11. The Labute approximate surface area is 153 Å². The predicted molar refractivity (Wildman–Crippen MR) is 106 cm³/mol. The molecule has 2 aromatic carbocycles. The van der Waals surface area contributed by atoms with Crippen molar-refractivity contribution in [2.24, 2.45) is 0 Å². The van der Waals surface area contributed by atoms with E-state index in [2.05, 4.69) is 39.0 Å². The van der Waals surface area contributed by atoms with E-state index < -0.39 is 0 Å². The molecule has 0 radical (unpaired) electrons. The Morgan fingerprint density at radius 1 is 1.12 bits per heavy atom. The second-order valence-electron chi connectivity index (χ2n) is 6.44. The van der Waals surface area contributed by atoms with E-state index in [0.717, 1.165) is 35.8 Å². The van der Waals surface area contributed by atoms with Crippen LogP contribution in [0.3, 0.4) is 0 Å². The van der Waals surface area contributed by atoms with Crippen molar-refractivity contribution >= 4 is 22.7 Å². The molecule has 1 aromatic heterocycles. The standard InChI is InChI=1S/C21H24N2OS/c1-4-5-12-23-20(24)18-8-6-7-9-19(18)22-21(23)25-14-17-13-15(2)10-11-16(17)3/h6-11,13H,4-5,12,14H2,1-3H3. The Kier molecular flexibility index (Phi) is 5.59. The molecular formula is C21H24N2OS. The summed E-state index contributed by atoms with van der Waals surface area (Å²) < 4.78 is 1.85. The summed E-state index contributed by atoms with van der Waals surface area (Å²) >= 11 is 1.65. The molecule has 0 N–H and O–H groups in total. The van der Waals surface area contributed by atoms with Gasteiger partial charge in [0.1, 0.15) is 0 Å². The lowest BCUT2D eigenvalue weighted by Gasteiger charge is -2.13. The Balaban J connectivity index is 1.98. The van der Waals surface area contributed by atoms with Crippen LogP contribution in [0.25, 0.3) is 10.9 Å². The van der Waals surface area contributed by atoms with Gasteiger partial charge in [-0.1, -0.05) is 61.0 Å². The number of unbranched alkanes of at least 4 members (excludes halogenated alkanes) is 1. The van der Waals surface area contributed by atoms with E-state index in [1.165, 1.54) is 16.7 Å². The molecule has 3 aromatic rings. The minimum Gasteiger partial charge on any atom is -0.287 e. The molecule has 0 amide bonds. The zero-order chi connectivity index (χ0) is 17.8. The van der Waals surface area contributed by atoms with Crippen LogP contribution in [0, 0.1) is 13.8 Å². The molecule has 4 heteroatoms. The lowest BCUT2D eigenvalue weighted by Crippen LogP contribution is -2.23. The monoisotopic (exact) mass is 352 g/mol. The second kappa shape index (κ2) is 7.87. The molecule has 3 nitrogen and oxygen atoms in total. The molecule has 0 bridgehead atoms. The van der Waals surface area contributed by atoms with Crippen molar-refractivity contribution in [1.82, 2.24) is 9.55 Å². The molecule has 0 aliphatic heterocycles. The molecule has 0 unspecified atom stereocenters. The van der Waals surface area contributed by atoms with Gasteiger partial charge in [-0.2, -0.15) is 0 Å². The van der Waals surface area contributed by atoms with Gasteiger partial charge in [0.05, 0.1) is 10.9 Å². The van der Waals surface area contributed by atoms with Gasteiger partial charge in [0.25, 0.3) is 5.56 Å². The molecule has 0 saturated heterocycles. The summed E-state index contributed by atoms with van der Waals surface area (Å²) in [7, 11) is 0. The number of para-hydroxylation sites is 1. The Morgan fingerprint density at radius 2 is 1.92 bits per heavy atom. The van der Waals surface area contributed by atoms with Gasteiger partial charge in [-0.15, -0.1) is 0 Å². The maximum Gasteiger partial charge on any atom is 0.262 e. The molecule has 130 valence electrons. The zero-order valence-corrected chi connectivity index (χ0v) is 15.9. The summed E-state index contributed by atoms with van der Waals surface area (Å²) in [6, 6.07) is 14.1. The average molecular weight is 353 g/mol. The van der Waals surface area contributed by atoms with Crippen LogP contribution < -0.4 is 5.56 Å². The maximum absolute atomic E-state index is 12.9. The highest BCUT2D eigenvalue weighted by Crippen LogP contribution is 2.24. The highest BCUT2D eigenvalue weighted by molar-refractivity contribution is 7.98. The lowest BCUT2D eigenvalue weighted by atomic mass is 10.1. The van der Waals surface area contributed by atoms with Gasteiger partial charge >= 0.3 is 0 Å². The van der Waals surface area contributed by atoms with Gasteiger partial charge in [-0.3, -0.25) is 9.36 Å². The van der Waals surface area contributed by atoms with Crippen LogP contribution in [0.2, 0.25) is 0 Å². The summed E-state index contributed by atoms with van der Waals surface area (Å²) in [5.41, 5.74) is 4.69. The number of aromatic nitrogens is 2. The van der Waals surface area contributed by atoms with Gasteiger partial charge in [0, 0.05) is 12.3 Å².